The van der Waals surface area contributed by atoms with Crippen LogP contribution in [0.5, 0.6) is 0 Å². The monoisotopic (exact) mass is 699 g/mol. The van der Waals surface area contributed by atoms with Crippen LogP contribution < -0.4 is 15.3 Å². The number of hydrogen-bond acceptors (Lipinski definition) is 3. The van der Waals surface area contributed by atoms with Crippen molar-refractivity contribution in [2.24, 2.45) is 0 Å². The van der Waals surface area contributed by atoms with Crippen molar-refractivity contribution in [1.82, 2.24) is 0 Å². The van der Waals surface area contributed by atoms with E-state index < -0.39 is 8.07 Å². The van der Waals surface area contributed by atoms with Crippen LogP contribution in [0.4, 0.5) is 17.1 Å². The molecule has 2 aromatic heterocycles. The van der Waals surface area contributed by atoms with Crippen molar-refractivity contribution in [3.63, 3.8) is 0 Å². The highest BCUT2D eigenvalue weighted by atomic mass is 32.1. The lowest BCUT2D eigenvalue weighted by Crippen LogP contribution is -2.49. The topological polar surface area (TPSA) is 16.4 Å². The van der Waals surface area contributed by atoms with Gasteiger partial charge in [0.05, 0.1) is 11.1 Å². The molecule has 246 valence electrons. The molecule has 1 aliphatic rings. The summed E-state index contributed by atoms with van der Waals surface area (Å²) in [5.41, 5.74) is 10.5. The molecule has 1 aliphatic heterocycles. The first-order valence-electron chi connectivity index (χ1n) is 17.9. The second-order valence-electron chi connectivity index (χ2n) is 14.5. The van der Waals surface area contributed by atoms with Gasteiger partial charge < -0.3 is 9.32 Å². The third-order valence-electron chi connectivity index (χ3n) is 11.3. The Morgan fingerprint density at radius 1 is 0.519 bits per heavy atom. The van der Waals surface area contributed by atoms with E-state index in [9.17, 15) is 0 Å². The Hall–Kier alpha value is -5.94. The van der Waals surface area contributed by atoms with Crippen molar-refractivity contribution in [2.45, 2.75) is 13.1 Å². The van der Waals surface area contributed by atoms with Crippen LogP contribution in [0.2, 0.25) is 13.1 Å². The molecule has 2 nitrogen and oxygen atoms in total. The molecule has 0 radical (unpaired) electrons. The number of nitrogens with zero attached hydrogens (tertiary/aromatic N) is 1. The van der Waals surface area contributed by atoms with Gasteiger partial charge in [-0.1, -0.05) is 128 Å². The Balaban J connectivity index is 1.13. The smallest absolute Gasteiger partial charge is 0.137 e. The molecule has 0 saturated carbocycles. The molecule has 0 N–H and O–H groups in total. The molecule has 0 atom stereocenters. The van der Waals surface area contributed by atoms with Crippen LogP contribution in [-0.4, -0.2) is 8.07 Å². The molecule has 0 aliphatic carbocycles. The first kappa shape index (κ1) is 29.8. The molecule has 10 aromatic rings. The number of para-hydroxylation sites is 1. The van der Waals surface area contributed by atoms with Gasteiger partial charge in [-0.05, 0) is 91.9 Å². The summed E-state index contributed by atoms with van der Waals surface area (Å²) in [6.07, 6.45) is 0. The summed E-state index contributed by atoms with van der Waals surface area (Å²) in [7, 11) is -2.03. The molecule has 0 spiro atoms. The quantitative estimate of drug-likeness (QED) is 0.170. The lowest BCUT2D eigenvalue weighted by atomic mass is 9.98. The van der Waals surface area contributed by atoms with E-state index in [4.69, 9.17) is 4.42 Å². The van der Waals surface area contributed by atoms with E-state index >= 15 is 0 Å². The summed E-state index contributed by atoms with van der Waals surface area (Å²) in [4.78, 5) is 2.44. The van der Waals surface area contributed by atoms with Crippen LogP contribution in [0.1, 0.15) is 0 Å². The van der Waals surface area contributed by atoms with Gasteiger partial charge in [0.15, 0.2) is 0 Å². The molecule has 52 heavy (non-hydrogen) atoms. The molecule has 0 saturated heterocycles. The fourth-order valence-corrected chi connectivity index (χ4v) is 13.2. The summed E-state index contributed by atoms with van der Waals surface area (Å²) in [6, 6.07) is 60.1. The van der Waals surface area contributed by atoms with Gasteiger partial charge in [0.1, 0.15) is 19.2 Å². The molecule has 0 unspecified atom stereocenters. The highest BCUT2D eigenvalue weighted by molar-refractivity contribution is 7.26. The summed E-state index contributed by atoms with van der Waals surface area (Å²) in [5.74, 6) is 0. The Labute approximate surface area is 306 Å². The largest absolute Gasteiger partial charge is 0.456 e. The van der Waals surface area contributed by atoms with E-state index in [2.05, 4.69) is 176 Å². The van der Waals surface area contributed by atoms with Crippen LogP contribution in [0, 0.1) is 0 Å². The molecule has 8 aromatic carbocycles. The zero-order valence-electron chi connectivity index (χ0n) is 28.9. The SMILES string of the molecule is C[Si]1(C)c2cc(N(c3ccc(-c4cccc5ccccc45)cc3)c3cccc4oc5ccccc5c34)ccc2-c2c1ccc1c2sc2ccccc21. The van der Waals surface area contributed by atoms with E-state index in [1.807, 2.05) is 17.4 Å². The number of fused-ring (bicyclic) bond motifs is 11. The van der Waals surface area contributed by atoms with Crippen molar-refractivity contribution in [1.29, 1.82) is 0 Å². The fourth-order valence-electron chi connectivity index (χ4n) is 8.77. The average molecular weight is 700 g/mol. The average Bonchev–Trinajstić information content (AvgIpc) is 3.83. The minimum Gasteiger partial charge on any atom is -0.456 e. The molecule has 3 heterocycles. The molecular weight excluding hydrogens is 667 g/mol. The van der Waals surface area contributed by atoms with Gasteiger partial charge in [-0.15, -0.1) is 11.3 Å². The first-order chi connectivity index (χ1) is 25.5. The van der Waals surface area contributed by atoms with Crippen LogP contribution in [-0.2, 0) is 0 Å². The number of furan rings is 1. The van der Waals surface area contributed by atoms with Crippen molar-refractivity contribution >= 4 is 99.7 Å². The molecule has 0 bridgehead atoms. The van der Waals surface area contributed by atoms with Crippen LogP contribution in [0.3, 0.4) is 0 Å². The molecule has 0 amide bonds. The summed E-state index contributed by atoms with van der Waals surface area (Å²) >= 11 is 1.94. The zero-order valence-corrected chi connectivity index (χ0v) is 30.7. The second-order valence-corrected chi connectivity index (χ2v) is 19.9. The van der Waals surface area contributed by atoms with Gasteiger partial charge in [0, 0.05) is 36.9 Å². The van der Waals surface area contributed by atoms with Crippen LogP contribution in [0.25, 0.3) is 75.1 Å². The summed E-state index contributed by atoms with van der Waals surface area (Å²) in [5, 5.41) is 10.5. The van der Waals surface area contributed by atoms with Gasteiger partial charge in [-0.2, -0.15) is 0 Å². The third-order valence-corrected chi connectivity index (χ3v) is 16.0. The lowest BCUT2D eigenvalue weighted by Gasteiger charge is -2.28. The van der Waals surface area contributed by atoms with Crippen molar-refractivity contribution in [3.05, 3.63) is 164 Å². The highest BCUT2D eigenvalue weighted by Gasteiger charge is 2.39. The Kier molecular flexibility index (Phi) is 6.31. The first-order valence-corrected chi connectivity index (χ1v) is 21.7. The number of thiophene rings is 1. The third kappa shape index (κ3) is 4.22. The van der Waals surface area contributed by atoms with Gasteiger partial charge in [-0.3, -0.25) is 0 Å². The Morgan fingerprint density at radius 3 is 2.12 bits per heavy atom. The summed E-state index contributed by atoms with van der Waals surface area (Å²) < 4.78 is 9.20. The maximum atomic E-state index is 6.43. The number of benzene rings is 8. The second kappa shape index (κ2) is 11.0. The van der Waals surface area contributed by atoms with Crippen molar-refractivity contribution < 1.29 is 4.42 Å². The standard InChI is InChI=1S/C48H33NOSSi/c1-52(2)44-28-27-37-36-14-6-8-20-43(36)51-48(37)47(44)39-26-25-33(29-45(39)52)49(40-17-10-19-42-46(40)38-15-5-7-18-41(38)50-42)32-23-21-31(22-24-32)35-16-9-12-30-11-3-4-13-34(30)35/h3-29H,1-2H3. The lowest BCUT2D eigenvalue weighted by molar-refractivity contribution is 0.669. The normalized spacial score (nSPS) is 13.3. The highest BCUT2D eigenvalue weighted by Crippen LogP contribution is 2.46. The van der Waals surface area contributed by atoms with Crippen LogP contribution in [0.15, 0.2) is 168 Å². The number of hydrogen-bond donors (Lipinski definition) is 0. The van der Waals surface area contributed by atoms with Gasteiger partial charge in [0.25, 0.3) is 0 Å². The van der Waals surface area contributed by atoms with E-state index in [0.29, 0.717) is 0 Å². The maximum absolute atomic E-state index is 6.43. The minimum absolute atomic E-state index is 0.895. The fraction of sp³-hybridized carbons (Fsp3) is 0.0417. The van der Waals surface area contributed by atoms with Crippen molar-refractivity contribution in [3.8, 4) is 22.3 Å². The van der Waals surface area contributed by atoms with E-state index in [0.717, 1.165) is 39.0 Å². The summed E-state index contributed by atoms with van der Waals surface area (Å²) in [6.45, 7) is 5.04. The maximum Gasteiger partial charge on any atom is 0.137 e. The minimum atomic E-state index is -2.03. The molecule has 0 fully saturated rings. The van der Waals surface area contributed by atoms with Crippen LogP contribution >= 0.6 is 11.3 Å². The molecular formula is C48H33NOSSi. The Bertz CT molecular complexity index is 3050. The van der Waals surface area contributed by atoms with E-state index in [-0.39, 0.29) is 0 Å². The predicted molar refractivity (Wildman–Crippen MR) is 226 cm³/mol. The Morgan fingerprint density at radius 2 is 1.23 bits per heavy atom. The van der Waals surface area contributed by atoms with Crippen molar-refractivity contribution in [2.75, 3.05) is 4.90 Å². The molecule has 4 heteroatoms. The number of anilines is 3. The van der Waals surface area contributed by atoms with Gasteiger partial charge >= 0.3 is 0 Å². The zero-order chi connectivity index (χ0) is 34.6. The van der Waals surface area contributed by atoms with Gasteiger partial charge in [-0.25, -0.2) is 0 Å². The molecule has 11 rings (SSSR count). The van der Waals surface area contributed by atoms with Gasteiger partial charge in [0.2, 0.25) is 0 Å². The predicted octanol–water partition coefficient (Wildman–Crippen LogP) is 13.0. The van der Waals surface area contributed by atoms with E-state index in [1.165, 1.54) is 63.6 Å². The number of rotatable bonds is 4. The van der Waals surface area contributed by atoms with E-state index in [1.54, 1.807) is 0 Å².